The lowest BCUT2D eigenvalue weighted by molar-refractivity contribution is 1.17. The lowest BCUT2D eigenvalue weighted by Crippen LogP contribution is -2.75. The van der Waals surface area contributed by atoms with Gasteiger partial charge in [0.05, 0.1) is 27.8 Å². The molecule has 57 heavy (non-hydrogen) atoms. The van der Waals surface area contributed by atoms with E-state index in [2.05, 4.69) is 240 Å². The molecule has 0 bridgehead atoms. The molecule has 0 fully saturated rings. The van der Waals surface area contributed by atoms with Crippen molar-refractivity contribution in [1.82, 2.24) is 9.13 Å². The van der Waals surface area contributed by atoms with E-state index in [0.29, 0.717) is 0 Å². The maximum Gasteiger partial charge on any atom is 0.181 e. The highest BCUT2D eigenvalue weighted by molar-refractivity contribution is 7.20. The summed E-state index contributed by atoms with van der Waals surface area (Å²) in [5, 5.41) is 10.4. The van der Waals surface area contributed by atoms with Crippen molar-refractivity contribution in [1.29, 1.82) is 0 Å². The van der Waals surface area contributed by atoms with E-state index in [-0.39, 0.29) is 0 Å². The third-order valence-electron chi connectivity index (χ3n) is 11.9. The van der Waals surface area contributed by atoms with Crippen molar-refractivity contribution in [3.63, 3.8) is 0 Å². The molecule has 0 aliphatic heterocycles. The Bertz CT molecular complexity index is 3110. The van der Waals surface area contributed by atoms with Gasteiger partial charge >= 0.3 is 0 Å². The number of nitrogens with zero attached hydrogens (tertiary/aromatic N) is 2. The number of hydrogen-bond acceptors (Lipinski definition) is 0. The van der Waals surface area contributed by atoms with E-state index >= 15 is 0 Å². The molecule has 0 saturated carbocycles. The molecule has 0 spiro atoms. The van der Waals surface area contributed by atoms with Crippen molar-refractivity contribution in [3.8, 4) is 22.5 Å². The van der Waals surface area contributed by atoms with Crippen LogP contribution in [0.2, 0.25) is 0 Å². The monoisotopic (exact) mass is 742 g/mol. The number of rotatable bonds is 7. The molecule has 0 aliphatic carbocycles. The number of aromatic nitrogens is 2. The molecule has 11 rings (SSSR count). The maximum atomic E-state index is 2.62. The zero-order valence-electron chi connectivity index (χ0n) is 31.3. The van der Waals surface area contributed by atoms with E-state index in [1.807, 2.05) is 0 Å². The van der Waals surface area contributed by atoms with Crippen LogP contribution in [0, 0.1) is 0 Å². The van der Waals surface area contributed by atoms with Crippen LogP contribution >= 0.6 is 0 Å². The highest BCUT2D eigenvalue weighted by Gasteiger charge is 2.44. The van der Waals surface area contributed by atoms with Gasteiger partial charge in [0, 0.05) is 27.2 Å². The third-order valence-corrected chi connectivity index (χ3v) is 16.7. The first-order valence-electron chi connectivity index (χ1n) is 19.7. The number of para-hydroxylation sites is 3. The van der Waals surface area contributed by atoms with Crippen molar-refractivity contribution in [2.24, 2.45) is 0 Å². The summed E-state index contributed by atoms with van der Waals surface area (Å²) in [7, 11) is -3.01. The van der Waals surface area contributed by atoms with Gasteiger partial charge in [0.25, 0.3) is 0 Å². The third kappa shape index (κ3) is 5.03. The molecule has 0 amide bonds. The summed E-state index contributed by atoms with van der Waals surface area (Å²) in [6, 6.07) is 85.3. The second-order valence-corrected chi connectivity index (χ2v) is 18.6. The normalized spacial score (nSPS) is 11.9. The van der Waals surface area contributed by atoms with Crippen molar-refractivity contribution in [3.05, 3.63) is 231 Å². The molecule has 2 nitrogen and oxygen atoms in total. The van der Waals surface area contributed by atoms with E-state index in [4.69, 9.17) is 0 Å². The SMILES string of the molecule is c1ccc(-c2ccc([Si](c3ccccc3)(c3ccccc3)c3ccccc3)c3c2c2ccccc2n3-c2cccc3c2c2ccccc2n3-c2ccccc2)cc1. The minimum absolute atomic E-state index is 1.15. The van der Waals surface area contributed by atoms with Crippen molar-refractivity contribution in [2.45, 2.75) is 0 Å². The summed E-state index contributed by atoms with van der Waals surface area (Å²) in [5.74, 6) is 0. The predicted molar refractivity (Wildman–Crippen MR) is 244 cm³/mol. The molecule has 0 radical (unpaired) electrons. The van der Waals surface area contributed by atoms with Gasteiger partial charge in [0.2, 0.25) is 0 Å². The summed E-state index contributed by atoms with van der Waals surface area (Å²) < 4.78 is 5.04. The predicted octanol–water partition coefficient (Wildman–Crippen LogP) is 10.9. The molecule has 0 aliphatic rings. The average molecular weight is 743 g/mol. The fourth-order valence-electron chi connectivity index (χ4n) is 9.58. The fourth-order valence-corrected chi connectivity index (χ4v) is 14.5. The molecule has 0 unspecified atom stereocenters. The number of benzene rings is 9. The minimum atomic E-state index is -3.01. The molecule has 2 aromatic heterocycles. The Kier molecular flexibility index (Phi) is 7.87. The van der Waals surface area contributed by atoms with Gasteiger partial charge in [-0.05, 0) is 68.3 Å². The summed E-state index contributed by atoms with van der Waals surface area (Å²) in [4.78, 5) is 0. The van der Waals surface area contributed by atoms with Crippen LogP contribution in [0.4, 0.5) is 0 Å². The lowest BCUT2D eigenvalue weighted by atomic mass is 9.99. The maximum absolute atomic E-state index is 3.01. The fraction of sp³-hybridized carbons (Fsp3) is 0. The molecule has 9 aromatic carbocycles. The first-order chi connectivity index (χ1) is 28.3. The number of hydrogen-bond donors (Lipinski definition) is 0. The van der Waals surface area contributed by atoms with Gasteiger partial charge in [0.1, 0.15) is 0 Å². The topological polar surface area (TPSA) is 9.86 Å². The van der Waals surface area contributed by atoms with Gasteiger partial charge < -0.3 is 9.13 Å². The van der Waals surface area contributed by atoms with Gasteiger partial charge in [0.15, 0.2) is 8.07 Å². The van der Waals surface area contributed by atoms with Crippen molar-refractivity contribution >= 4 is 72.4 Å². The first kappa shape index (κ1) is 33.2. The Morgan fingerprint density at radius 2 is 0.772 bits per heavy atom. The van der Waals surface area contributed by atoms with Gasteiger partial charge in [-0.15, -0.1) is 0 Å². The highest BCUT2D eigenvalue weighted by Crippen LogP contribution is 2.42. The van der Waals surface area contributed by atoms with Crippen LogP contribution in [0.3, 0.4) is 0 Å². The van der Waals surface area contributed by atoms with Crippen LogP contribution in [0.25, 0.3) is 66.1 Å². The molecular formula is C54H38N2Si. The molecule has 0 atom stereocenters. The molecule has 2 heterocycles. The molecule has 268 valence electrons. The van der Waals surface area contributed by atoms with Crippen molar-refractivity contribution in [2.75, 3.05) is 0 Å². The summed E-state index contributed by atoms with van der Waals surface area (Å²) >= 11 is 0. The van der Waals surface area contributed by atoms with Crippen LogP contribution in [0.15, 0.2) is 231 Å². The molecule has 3 heteroatoms. The van der Waals surface area contributed by atoms with E-state index in [1.165, 1.54) is 81.2 Å². The molecule has 0 saturated heterocycles. The van der Waals surface area contributed by atoms with Crippen LogP contribution in [0.1, 0.15) is 0 Å². The molecule has 11 aromatic rings. The van der Waals surface area contributed by atoms with E-state index in [1.54, 1.807) is 0 Å². The average Bonchev–Trinajstić information content (AvgIpc) is 3.82. The van der Waals surface area contributed by atoms with Gasteiger partial charge in [-0.1, -0.05) is 194 Å². The van der Waals surface area contributed by atoms with Crippen LogP contribution in [-0.4, -0.2) is 17.2 Å². The Morgan fingerprint density at radius 1 is 0.316 bits per heavy atom. The second kappa shape index (κ2) is 13.5. The second-order valence-electron chi connectivity index (χ2n) is 14.8. The zero-order valence-corrected chi connectivity index (χ0v) is 32.3. The summed E-state index contributed by atoms with van der Waals surface area (Å²) in [5.41, 5.74) is 9.60. The van der Waals surface area contributed by atoms with E-state index in [0.717, 1.165) is 5.69 Å². The van der Waals surface area contributed by atoms with Crippen LogP contribution in [-0.2, 0) is 0 Å². The van der Waals surface area contributed by atoms with E-state index < -0.39 is 8.07 Å². The quantitative estimate of drug-likeness (QED) is 0.114. The number of fused-ring (bicyclic) bond motifs is 6. The van der Waals surface area contributed by atoms with Crippen LogP contribution in [0.5, 0.6) is 0 Å². The summed E-state index contributed by atoms with van der Waals surface area (Å²) in [6.07, 6.45) is 0. The standard InChI is InChI=1S/C54H38N2Si/c1-6-21-39(22-7-1)44-37-38-51(57(41-25-10-3-11-26-41,42-27-12-4-13-28-42)43-29-14-5-15-30-43)54-52(44)45-31-16-19-34-48(45)56(54)50-36-20-35-49-53(50)46-32-17-18-33-47(46)55(49)40-23-8-2-9-24-40/h1-38H. The van der Waals surface area contributed by atoms with Crippen LogP contribution < -0.4 is 20.7 Å². The first-order valence-corrected chi connectivity index (χ1v) is 21.7. The zero-order chi connectivity index (χ0) is 37.8. The van der Waals surface area contributed by atoms with Gasteiger partial charge in [-0.25, -0.2) is 0 Å². The van der Waals surface area contributed by atoms with Crippen molar-refractivity contribution < 1.29 is 0 Å². The Balaban J connectivity index is 1.39. The Hall–Kier alpha value is -7.20. The van der Waals surface area contributed by atoms with E-state index in [9.17, 15) is 0 Å². The van der Waals surface area contributed by atoms with Gasteiger partial charge in [-0.3, -0.25) is 0 Å². The lowest BCUT2D eigenvalue weighted by Gasteiger charge is -2.35. The largest absolute Gasteiger partial charge is 0.309 e. The van der Waals surface area contributed by atoms with Gasteiger partial charge in [-0.2, -0.15) is 0 Å². The minimum Gasteiger partial charge on any atom is -0.309 e. The Labute approximate surface area is 333 Å². The summed E-state index contributed by atoms with van der Waals surface area (Å²) in [6.45, 7) is 0. The highest BCUT2D eigenvalue weighted by atomic mass is 28.3. The smallest absolute Gasteiger partial charge is 0.181 e. The Morgan fingerprint density at radius 3 is 1.35 bits per heavy atom. The molecule has 0 N–H and O–H groups in total. The molecular weight excluding hydrogens is 705 g/mol.